The molecule has 0 spiro atoms. The number of halogens is 1. The summed E-state index contributed by atoms with van der Waals surface area (Å²) in [7, 11) is 0. The third-order valence-electron chi connectivity index (χ3n) is 4.17. The molecule has 122 valence electrons. The van der Waals surface area contributed by atoms with Gasteiger partial charge in [-0.3, -0.25) is 0 Å². The number of nitrogens with zero attached hydrogens (tertiary/aromatic N) is 1. The topological polar surface area (TPSA) is 52.6 Å². The maximum atomic E-state index is 13.1. The minimum Gasteiger partial charge on any atom is -0.396 e. The largest absolute Gasteiger partial charge is 0.396 e. The number of nitrogens with one attached hydrogen (secondary N) is 1. The van der Waals surface area contributed by atoms with Gasteiger partial charge in [0.15, 0.2) is 0 Å². The van der Waals surface area contributed by atoms with Gasteiger partial charge in [0.05, 0.1) is 6.04 Å². The molecule has 0 bridgehead atoms. The molecule has 5 heteroatoms. The summed E-state index contributed by atoms with van der Waals surface area (Å²) in [6.45, 7) is 7.50. The molecule has 1 aromatic carbocycles. The van der Waals surface area contributed by atoms with Crippen LogP contribution in [0.4, 0.5) is 9.18 Å². The normalized spacial score (nSPS) is 20.0. The van der Waals surface area contributed by atoms with Gasteiger partial charge in [-0.15, -0.1) is 0 Å². The highest BCUT2D eigenvalue weighted by atomic mass is 19.1. The van der Waals surface area contributed by atoms with Crippen LogP contribution in [0, 0.1) is 17.2 Å². The minimum absolute atomic E-state index is 0.116. The Bertz CT molecular complexity index is 510. The second kappa shape index (κ2) is 6.65. The van der Waals surface area contributed by atoms with E-state index in [4.69, 9.17) is 0 Å². The van der Waals surface area contributed by atoms with E-state index in [9.17, 15) is 14.3 Å². The molecule has 22 heavy (non-hydrogen) atoms. The Morgan fingerprint density at radius 2 is 2.05 bits per heavy atom. The highest BCUT2D eigenvalue weighted by Crippen LogP contribution is 2.33. The molecular formula is C17H25FN2O2. The molecule has 0 saturated carbocycles. The third-order valence-corrected chi connectivity index (χ3v) is 4.17. The Kier molecular flexibility index (Phi) is 5.06. The van der Waals surface area contributed by atoms with Crippen molar-refractivity contribution in [2.75, 3.05) is 19.7 Å². The zero-order valence-corrected chi connectivity index (χ0v) is 13.5. The predicted octanol–water partition coefficient (Wildman–Crippen LogP) is 2.94. The Morgan fingerprint density at radius 1 is 1.41 bits per heavy atom. The van der Waals surface area contributed by atoms with Crippen LogP contribution in [0.5, 0.6) is 0 Å². The fourth-order valence-corrected chi connectivity index (χ4v) is 2.84. The summed E-state index contributed by atoms with van der Waals surface area (Å²) in [5.41, 5.74) is 0.698. The molecule has 1 saturated heterocycles. The number of aliphatic hydroxyl groups is 1. The molecule has 2 N–H and O–H groups in total. The lowest BCUT2D eigenvalue weighted by Crippen LogP contribution is -2.44. The number of urea groups is 1. The minimum atomic E-state index is -0.284. The van der Waals surface area contributed by atoms with Crippen LogP contribution in [-0.2, 0) is 0 Å². The van der Waals surface area contributed by atoms with Gasteiger partial charge in [-0.25, -0.2) is 9.18 Å². The number of hydrogen-bond donors (Lipinski definition) is 2. The van der Waals surface area contributed by atoms with Crippen LogP contribution in [0.2, 0.25) is 0 Å². The smallest absolute Gasteiger partial charge is 0.317 e. The molecule has 2 amide bonds. The molecule has 1 aliphatic heterocycles. The van der Waals surface area contributed by atoms with Gasteiger partial charge in [-0.2, -0.15) is 0 Å². The fourth-order valence-electron chi connectivity index (χ4n) is 2.84. The monoisotopic (exact) mass is 308 g/mol. The molecule has 2 atom stereocenters. The number of benzene rings is 1. The lowest BCUT2D eigenvalue weighted by molar-refractivity contribution is 0.182. The van der Waals surface area contributed by atoms with E-state index in [1.807, 2.05) is 20.8 Å². The molecule has 2 rings (SSSR count). The lowest BCUT2D eigenvalue weighted by atomic mass is 9.82. The zero-order valence-electron chi connectivity index (χ0n) is 13.5. The highest BCUT2D eigenvalue weighted by molar-refractivity contribution is 5.75. The highest BCUT2D eigenvalue weighted by Gasteiger charge is 2.32. The SMILES string of the molecule is CC(C)(C)C(NC(=O)N1CCC(CO)C1)c1ccc(F)cc1. The first-order valence-electron chi connectivity index (χ1n) is 7.73. The van der Waals surface area contributed by atoms with Crippen LogP contribution in [0.15, 0.2) is 24.3 Å². The van der Waals surface area contributed by atoms with Crippen molar-refractivity contribution in [2.45, 2.75) is 33.2 Å². The lowest BCUT2D eigenvalue weighted by Gasteiger charge is -2.33. The summed E-state index contributed by atoms with van der Waals surface area (Å²) >= 11 is 0. The third kappa shape index (κ3) is 3.97. The summed E-state index contributed by atoms with van der Waals surface area (Å²) in [6, 6.07) is 5.93. The van der Waals surface area contributed by atoms with Crippen LogP contribution in [0.3, 0.4) is 0 Å². The van der Waals surface area contributed by atoms with Gasteiger partial charge in [0, 0.05) is 25.6 Å². The Balaban J connectivity index is 2.11. The first-order chi connectivity index (χ1) is 10.3. The van der Waals surface area contributed by atoms with Crippen LogP contribution in [-0.4, -0.2) is 35.7 Å². The average Bonchev–Trinajstić information content (AvgIpc) is 2.93. The molecule has 1 fully saturated rings. The predicted molar refractivity (Wildman–Crippen MR) is 83.9 cm³/mol. The number of amides is 2. The van der Waals surface area contributed by atoms with Crippen molar-refractivity contribution in [3.8, 4) is 0 Å². The molecular weight excluding hydrogens is 283 g/mol. The van der Waals surface area contributed by atoms with Gasteiger partial charge >= 0.3 is 6.03 Å². The van der Waals surface area contributed by atoms with Crippen molar-refractivity contribution < 1.29 is 14.3 Å². The Morgan fingerprint density at radius 3 is 2.55 bits per heavy atom. The number of rotatable bonds is 3. The molecule has 1 aromatic rings. The molecule has 1 aliphatic rings. The van der Waals surface area contributed by atoms with Gasteiger partial charge in [-0.05, 0) is 29.5 Å². The van der Waals surface area contributed by atoms with Crippen LogP contribution >= 0.6 is 0 Å². The van der Waals surface area contributed by atoms with Gasteiger partial charge in [0.2, 0.25) is 0 Å². The number of likely N-dealkylation sites (tertiary alicyclic amines) is 1. The van der Waals surface area contributed by atoms with E-state index >= 15 is 0 Å². The van der Waals surface area contributed by atoms with Crippen LogP contribution < -0.4 is 5.32 Å². The molecule has 0 radical (unpaired) electrons. The van der Waals surface area contributed by atoms with Gasteiger partial charge in [0.25, 0.3) is 0 Å². The number of carbonyl (C=O) groups is 1. The molecule has 4 nitrogen and oxygen atoms in total. The van der Waals surface area contributed by atoms with Gasteiger partial charge in [0.1, 0.15) is 5.82 Å². The van der Waals surface area contributed by atoms with Crippen molar-refractivity contribution in [3.05, 3.63) is 35.6 Å². The molecule has 2 unspecified atom stereocenters. The fraction of sp³-hybridized carbons (Fsp3) is 0.588. The van der Waals surface area contributed by atoms with E-state index in [0.29, 0.717) is 13.1 Å². The molecule has 0 aromatic heterocycles. The number of hydrogen-bond acceptors (Lipinski definition) is 2. The van der Waals surface area contributed by atoms with Crippen molar-refractivity contribution in [1.82, 2.24) is 10.2 Å². The molecule has 0 aliphatic carbocycles. The maximum absolute atomic E-state index is 13.1. The van der Waals surface area contributed by atoms with E-state index in [1.165, 1.54) is 12.1 Å². The Hall–Kier alpha value is -1.62. The average molecular weight is 308 g/mol. The zero-order chi connectivity index (χ0) is 16.3. The Labute approximate surface area is 131 Å². The summed E-state index contributed by atoms with van der Waals surface area (Å²) in [5, 5.41) is 12.2. The molecule has 1 heterocycles. The summed E-state index contributed by atoms with van der Waals surface area (Å²) in [6.07, 6.45) is 0.834. The number of aliphatic hydroxyl groups excluding tert-OH is 1. The standard InChI is InChI=1S/C17H25FN2O2/c1-17(2,3)15(13-4-6-14(18)7-5-13)19-16(22)20-9-8-12(10-20)11-21/h4-7,12,15,21H,8-11H2,1-3H3,(H,19,22). The second-order valence-corrected chi connectivity index (χ2v) is 7.08. The first kappa shape index (κ1) is 16.7. The summed E-state index contributed by atoms with van der Waals surface area (Å²) in [5.74, 6) is -0.113. The van der Waals surface area contributed by atoms with Gasteiger partial charge < -0.3 is 15.3 Å². The van der Waals surface area contributed by atoms with Crippen molar-refractivity contribution in [3.63, 3.8) is 0 Å². The number of carbonyl (C=O) groups excluding carboxylic acids is 1. The summed E-state index contributed by atoms with van der Waals surface area (Å²) in [4.78, 5) is 14.2. The van der Waals surface area contributed by atoms with E-state index in [-0.39, 0.29) is 35.8 Å². The maximum Gasteiger partial charge on any atom is 0.317 e. The second-order valence-electron chi connectivity index (χ2n) is 7.08. The van der Waals surface area contributed by atoms with Crippen LogP contribution in [0.25, 0.3) is 0 Å². The first-order valence-corrected chi connectivity index (χ1v) is 7.73. The van der Waals surface area contributed by atoms with Crippen LogP contribution in [0.1, 0.15) is 38.8 Å². The van der Waals surface area contributed by atoms with Crippen molar-refractivity contribution in [2.24, 2.45) is 11.3 Å². The van der Waals surface area contributed by atoms with E-state index < -0.39 is 0 Å². The van der Waals surface area contributed by atoms with Crippen molar-refractivity contribution in [1.29, 1.82) is 0 Å². The van der Waals surface area contributed by atoms with Crippen molar-refractivity contribution >= 4 is 6.03 Å². The van der Waals surface area contributed by atoms with Gasteiger partial charge in [-0.1, -0.05) is 32.9 Å². The quantitative estimate of drug-likeness (QED) is 0.902. The van der Waals surface area contributed by atoms with E-state index in [2.05, 4.69) is 5.32 Å². The summed E-state index contributed by atoms with van der Waals surface area (Å²) < 4.78 is 13.1. The van der Waals surface area contributed by atoms with E-state index in [0.717, 1.165) is 12.0 Å². The van der Waals surface area contributed by atoms with E-state index in [1.54, 1.807) is 17.0 Å².